The van der Waals surface area contributed by atoms with Gasteiger partial charge in [0, 0.05) is 38.0 Å². The number of carbonyl (C=O) groups is 1. The van der Waals surface area contributed by atoms with Gasteiger partial charge in [0.05, 0.1) is 24.9 Å². The second-order valence-electron chi connectivity index (χ2n) is 6.18. The first-order valence-electron chi connectivity index (χ1n) is 8.30. The largest absolute Gasteiger partial charge is 0.497 e. The first-order chi connectivity index (χ1) is 12.1. The van der Waals surface area contributed by atoms with Crippen LogP contribution < -0.4 is 20.5 Å². The number of piperidine rings is 1. The van der Waals surface area contributed by atoms with Crippen molar-refractivity contribution in [2.75, 3.05) is 30.4 Å². The van der Waals surface area contributed by atoms with E-state index in [0.717, 1.165) is 30.8 Å². The van der Waals surface area contributed by atoms with Crippen LogP contribution in [-0.4, -0.2) is 35.9 Å². The zero-order valence-corrected chi connectivity index (χ0v) is 14.4. The molecule has 0 radical (unpaired) electrons. The van der Waals surface area contributed by atoms with Gasteiger partial charge in [0.2, 0.25) is 5.91 Å². The minimum atomic E-state index is -0.152. The fourth-order valence-corrected chi connectivity index (χ4v) is 3.00. The molecule has 2 heterocycles. The normalized spacial score (nSPS) is 17.2. The van der Waals surface area contributed by atoms with Gasteiger partial charge in [-0.2, -0.15) is 5.10 Å². The van der Waals surface area contributed by atoms with E-state index >= 15 is 0 Å². The van der Waals surface area contributed by atoms with E-state index < -0.39 is 0 Å². The number of nitrogens with zero attached hydrogens (tertiary/aromatic N) is 3. The summed E-state index contributed by atoms with van der Waals surface area (Å²) in [6.45, 7) is 1.39. The molecule has 1 aliphatic heterocycles. The van der Waals surface area contributed by atoms with Crippen molar-refractivity contribution >= 4 is 17.3 Å². The standard InChI is InChI=1S/C18H22N4O3/c1-21-17(23)10-15(11-19-21)22-8-4-5-13(12-22)18(24)20-14-6-3-7-16(9-14)25-2/h3,6-7,9-11,13H,4-5,8,12H2,1-2H3,(H,20,24)/t13-/m1/s1. The van der Waals surface area contributed by atoms with Crippen molar-refractivity contribution in [3.63, 3.8) is 0 Å². The van der Waals surface area contributed by atoms with Crippen LogP contribution in [0.5, 0.6) is 5.75 Å². The SMILES string of the molecule is COc1cccc(NC(=O)[C@@H]2CCCN(c3cnn(C)c(=O)c3)C2)c1. The van der Waals surface area contributed by atoms with Gasteiger partial charge in [0.15, 0.2) is 0 Å². The third-order valence-corrected chi connectivity index (χ3v) is 4.45. The van der Waals surface area contributed by atoms with Crippen LogP contribution in [0.25, 0.3) is 0 Å². The predicted molar refractivity (Wildman–Crippen MR) is 96.0 cm³/mol. The Morgan fingerprint density at radius 2 is 2.20 bits per heavy atom. The van der Waals surface area contributed by atoms with E-state index in [2.05, 4.69) is 10.4 Å². The fourth-order valence-electron chi connectivity index (χ4n) is 3.00. The van der Waals surface area contributed by atoms with Gasteiger partial charge in [-0.05, 0) is 25.0 Å². The number of methoxy groups -OCH3 is 1. The summed E-state index contributed by atoms with van der Waals surface area (Å²) in [4.78, 5) is 26.4. The number of rotatable bonds is 4. The summed E-state index contributed by atoms with van der Waals surface area (Å²) in [6.07, 6.45) is 3.39. The Morgan fingerprint density at radius 3 is 2.96 bits per heavy atom. The topological polar surface area (TPSA) is 76.5 Å². The minimum absolute atomic E-state index is 0.0188. The highest BCUT2D eigenvalue weighted by atomic mass is 16.5. The molecule has 7 nitrogen and oxygen atoms in total. The van der Waals surface area contributed by atoms with Crippen molar-refractivity contribution in [3.8, 4) is 5.75 Å². The number of nitrogens with one attached hydrogen (secondary N) is 1. The van der Waals surface area contributed by atoms with Gasteiger partial charge in [-0.25, -0.2) is 4.68 Å². The van der Waals surface area contributed by atoms with Crippen LogP contribution in [0.15, 0.2) is 41.3 Å². The van der Waals surface area contributed by atoms with E-state index in [-0.39, 0.29) is 17.4 Å². The van der Waals surface area contributed by atoms with Gasteiger partial charge in [0.1, 0.15) is 5.75 Å². The molecule has 0 bridgehead atoms. The molecule has 1 amide bonds. The van der Waals surface area contributed by atoms with Crippen molar-refractivity contribution in [3.05, 3.63) is 46.9 Å². The third kappa shape index (κ3) is 3.99. The Bertz CT molecular complexity index is 818. The average molecular weight is 342 g/mol. The van der Waals surface area contributed by atoms with Crippen molar-refractivity contribution < 1.29 is 9.53 Å². The summed E-state index contributed by atoms with van der Waals surface area (Å²) in [5, 5.41) is 7.01. The monoisotopic (exact) mass is 342 g/mol. The molecule has 1 atom stereocenters. The summed E-state index contributed by atoms with van der Waals surface area (Å²) < 4.78 is 6.47. The molecule has 0 unspecified atom stereocenters. The number of aryl methyl sites for hydroxylation is 1. The highest BCUT2D eigenvalue weighted by Crippen LogP contribution is 2.24. The lowest BCUT2D eigenvalue weighted by Crippen LogP contribution is -2.41. The summed E-state index contributed by atoms with van der Waals surface area (Å²) in [5.74, 6) is 0.549. The van der Waals surface area contributed by atoms with Crippen molar-refractivity contribution in [2.45, 2.75) is 12.8 Å². The first-order valence-corrected chi connectivity index (χ1v) is 8.30. The van der Waals surface area contributed by atoms with E-state index in [0.29, 0.717) is 12.3 Å². The van der Waals surface area contributed by atoms with Gasteiger partial charge in [-0.3, -0.25) is 9.59 Å². The molecule has 1 aromatic heterocycles. The van der Waals surface area contributed by atoms with E-state index in [9.17, 15) is 9.59 Å². The molecule has 0 aliphatic carbocycles. The lowest BCUT2D eigenvalue weighted by molar-refractivity contribution is -0.120. The van der Waals surface area contributed by atoms with E-state index in [1.54, 1.807) is 32.5 Å². The zero-order valence-electron chi connectivity index (χ0n) is 14.4. The molecule has 25 heavy (non-hydrogen) atoms. The molecule has 1 aromatic carbocycles. The summed E-state index contributed by atoms with van der Waals surface area (Å²) in [7, 11) is 3.21. The number of aromatic nitrogens is 2. The Hall–Kier alpha value is -2.83. The number of amides is 1. The highest BCUT2D eigenvalue weighted by molar-refractivity contribution is 5.93. The van der Waals surface area contributed by atoms with Crippen LogP contribution in [0, 0.1) is 5.92 Å². The molecule has 2 aromatic rings. The van der Waals surface area contributed by atoms with Gasteiger partial charge in [-0.15, -0.1) is 0 Å². The van der Waals surface area contributed by atoms with E-state index in [1.807, 2.05) is 23.1 Å². The second kappa shape index (κ2) is 7.38. The number of benzene rings is 1. The molecule has 0 saturated carbocycles. The first kappa shape index (κ1) is 17.0. The number of anilines is 2. The van der Waals surface area contributed by atoms with Crippen LogP contribution in [0.4, 0.5) is 11.4 Å². The summed E-state index contributed by atoms with van der Waals surface area (Å²) in [6, 6.07) is 8.87. The quantitative estimate of drug-likeness (QED) is 0.914. The van der Waals surface area contributed by atoms with Crippen LogP contribution in [-0.2, 0) is 11.8 Å². The molecular weight excluding hydrogens is 320 g/mol. The van der Waals surface area contributed by atoms with Crippen LogP contribution >= 0.6 is 0 Å². The predicted octanol–water partition coefficient (Wildman–Crippen LogP) is 1.64. The smallest absolute Gasteiger partial charge is 0.268 e. The molecule has 0 spiro atoms. The van der Waals surface area contributed by atoms with Crippen LogP contribution in [0.1, 0.15) is 12.8 Å². The van der Waals surface area contributed by atoms with E-state index in [1.165, 1.54) is 4.68 Å². The van der Waals surface area contributed by atoms with Gasteiger partial charge in [0.25, 0.3) is 5.56 Å². The third-order valence-electron chi connectivity index (χ3n) is 4.45. The Labute approximate surface area is 146 Å². The highest BCUT2D eigenvalue weighted by Gasteiger charge is 2.26. The summed E-state index contributed by atoms with van der Waals surface area (Å²) in [5.41, 5.74) is 1.33. The van der Waals surface area contributed by atoms with E-state index in [4.69, 9.17) is 4.74 Å². The summed E-state index contributed by atoms with van der Waals surface area (Å²) >= 11 is 0. The molecule has 3 rings (SSSR count). The Kier molecular flexibility index (Phi) is 5.02. The maximum atomic E-state index is 12.6. The van der Waals surface area contributed by atoms with Crippen molar-refractivity contribution in [1.29, 1.82) is 0 Å². The minimum Gasteiger partial charge on any atom is -0.497 e. The molecule has 132 valence electrons. The fraction of sp³-hybridized carbons (Fsp3) is 0.389. The average Bonchev–Trinajstić information content (AvgIpc) is 2.64. The zero-order chi connectivity index (χ0) is 17.8. The molecule has 1 aliphatic rings. The molecule has 1 fully saturated rings. The Morgan fingerprint density at radius 1 is 1.36 bits per heavy atom. The molecule has 1 saturated heterocycles. The van der Waals surface area contributed by atoms with Crippen LogP contribution in [0.3, 0.4) is 0 Å². The number of ether oxygens (including phenoxy) is 1. The number of hydrogen-bond acceptors (Lipinski definition) is 5. The van der Waals surface area contributed by atoms with Crippen molar-refractivity contribution in [1.82, 2.24) is 9.78 Å². The second-order valence-corrected chi connectivity index (χ2v) is 6.18. The Balaban J connectivity index is 1.68. The lowest BCUT2D eigenvalue weighted by atomic mass is 9.96. The molecule has 7 heteroatoms. The van der Waals surface area contributed by atoms with Gasteiger partial charge < -0.3 is 15.0 Å². The molecular formula is C18H22N4O3. The van der Waals surface area contributed by atoms with Crippen LogP contribution in [0.2, 0.25) is 0 Å². The maximum Gasteiger partial charge on any atom is 0.268 e. The number of carbonyl (C=O) groups excluding carboxylic acids is 1. The maximum absolute atomic E-state index is 12.6. The number of hydrogen-bond donors (Lipinski definition) is 1. The molecule has 1 N–H and O–H groups in total. The van der Waals surface area contributed by atoms with Gasteiger partial charge in [-0.1, -0.05) is 6.07 Å². The lowest BCUT2D eigenvalue weighted by Gasteiger charge is -2.33. The van der Waals surface area contributed by atoms with Crippen molar-refractivity contribution in [2.24, 2.45) is 13.0 Å². The van der Waals surface area contributed by atoms with Gasteiger partial charge >= 0.3 is 0 Å².